The maximum Gasteiger partial charge on any atom is 0.256 e. The third-order valence-electron chi connectivity index (χ3n) is 3.43. The quantitative estimate of drug-likeness (QED) is 0.776. The van der Waals surface area contributed by atoms with Crippen molar-refractivity contribution in [2.75, 3.05) is 13.1 Å². The zero-order valence-electron chi connectivity index (χ0n) is 8.62. The third-order valence-corrected chi connectivity index (χ3v) is 3.92. The number of hydrogen-bond acceptors (Lipinski definition) is 1. The van der Waals surface area contributed by atoms with Crippen LogP contribution in [0.1, 0.15) is 16.8 Å². The van der Waals surface area contributed by atoms with E-state index in [1.165, 1.54) is 12.5 Å². The van der Waals surface area contributed by atoms with Crippen molar-refractivity contribution in [1.82, 2.24) is 4.90 Å². The highest BCUT2D eigenvalue weighted by Gasteiger charge is 2.46. The molecule has 1 amide bonds. The van der Waals surface area contributed by atoms with Crippen molar-refractivity contribution in [1.29, 1.82) is 0 Å². The van der Waals surface area contributed by atoms with E-state index in [1.54, 1.807) is 17.0 Å². The van der Waals surface area contributed by atoms with Crippen molar-refractivity contribution < 1.29 is 9.18 Å². The van der Waals surface area contributed by atoms with Crippen LogP contribution < -0.4 is 0 Å². The lowest BCUT2D eigenvalue weighted by Gasteiger charge is -2.18. The molecule has 0 N–H and O–H groups in total. The van der Waals surface area contributed by atoms with E-state index in [4.69, 9.17) is 0 Å². The molecule has 0 aromatic heterocycles. The van der Waals surface area contributed by atoms with Gasteiger partial charge in [0.2, 0.25) is 0 Å². The second kappa shape index (κ2) is 3.55. The Balaban J connectivity index is 1.83. The Bertz CT molecular complexity index is 452. The van der Waals surface area contributed by atoms with Crippen molar-refractivity contribution in [3.05, 3.63) is 34.1 Å². The number of carbonyl (C=O) groups excluding carboxylic acids is 1. The van der Waals surface area contributed by atoms with Crippen molar-refractivity contribution in [2.45, 2.75) is 6.42 Å². The summed E-state index contributed by atoms with van der Waals surface area (Å²) in [4.78, 5) is 13.8. The Morgan fingerprint density at radius 1 is 1.38 bits per heavy atom. The van der Waals surface area contributed by atoms with Crippen LogP contribution in [0.25, 0.3) is 0 Å². The van der Waals surface area contributed by atoms with Crippen LogP contribution in [0, 0.1) is 17.7 Å². The van der Waals surface area contributed by atoms with Gasteiger partial charge in [-0.25, -0.2) is 4.39 Å². The maximum atomic E-state index is 13.6. The van der Waals surface area contributed by atoms with Crippen LogP contribution in [0.4, 0.5) is 4.39 Å². The van der Waals surface area contributed by atoms with Gasteiger partial charge in [0.15, 0.2) is 0 Å². The first-order valence-electron chi connectivity index (χ1n) is 5.39. The number of carbonyl (C=O) groups is 1. The molecule has 1 aliphatic heterocycles. The molecule has 0 radical (unpaired) electrons. The Hall–Kier alpha value is -0.900. The highest BCUT2D eigenvalue weighted by molar-refractivity contribution is 9.10. The largest absolute Gasteiger partial charge is 0.338 e. The van der Waals surface area contributed by atoms with E-state index < -0.39 is 5.82 Å². The van der Waals surface area contributed by atoms with Gasteiger partial charge in [0.05, 0.1) is 5.56 Å². The molecule has 4 heteroatoms. The molecule has 0 spiro atoms. The van der Waals surface area contributed by atoms with Gasteiger partial charge in [0, 0.05) is 17.6 Å². The van der Waals surface area contributed by atoms with Crippen molar-refractivity contribution in [3.63, 3.8) is 0 Å². The fourth-order valence-corrected chi connectivity index (χ4v) is 2.73. The molecule has 16 heavy (non-hydrogen) atoms. The topological polar surface area (TPSA) is 20.3 Å². The van der Waals surface area contributed by atoms with Crippen molar-refractivity contribution >= 4 is 21.8 Å². The number of benzene rings is 1. The Morgan fingerprint density at radius 3 is 2.69 bits per heavy atom. The average molecular weight is 284 g/mol. The van der Waals surface area contributed by atoms with Gasteiger partial charge in [-0.05, 0) is 36.5 Å². The molecule has 2 fully saturated rings. The monoisotopic (exact) mass is 283 g/mol. The summed E-state index contributed by atoms with van der Waals surface area (Å²) in [5, 5.41) is 0. The molecule has 0 bridgehead atoms. The molecular weight excluding hydrogens is 273 g/mol. The Labute approximate surface area is 102 Å². The molecule has 1 aromatic carbocycles. The molecule has 1 aromatic rings. The predicted molar refractivity (Wildman–Crippen MR) is 61.6 cm³/mol. The van der Waals surface area contributed by atoms with Crippen LogP contribution >= 0.6 is 15.9 Å². The number of halogens is 2. The molecule has 3 rings (SSSR count). The summed E-state index contributed by atoms with van der Waals surface area (Å²) < 4.78 is 14.2. The van der Waals surface area contributed by atoms with Gasteiger partial charge in [0.25, 0.3) is 5.91 Å². The summed E-state index contributed by atoms with van der Waals surface area (Å²) in [6.45, 7) is 1.61. The van der Waals surface area contributed by atoms with E-state index >= 15 is 0 Å². The van der Waals surface area contributed by atoms with Crippen molar-refractivity contribution in [2.24, 2.45) is 11.8 Å². The average Bonchev–Trinajstić information content (AvgIpc) is 2.85. The zero-order chi connectivity index (χ0) is 11.3. The fraction of sp³-hybridized carbons (Fsp3) is 0.417. The van der Waals surface area contributed by atoms with Gasteiger partial charge in [-0.3, -0.25) is 4.79 Å². The minimum atomic E-state index is -0.444. The Kier molecular flexibility index (Phi) is 2.28. The SMILES string of the molecule is O=C(c1ccc(Br)cc1F)N1CC2CC2C1. The predicted octanol–water partition coefficient (Wildman–Crippen LogP) is 2.68. The normalized spacial score (nSPS) is 26.8. The van der Waals surface area contributed by atoms with E-state index in [2.05, 4.69) is 15.9 Å². The molecular formula is C12H11BrFNO. The lowest BCUT2D eigenvalue weighted by molar-refractivity contribution is 0.0771. The molecule has 2 aliphatic rings. The van der Waals surface area contributed by atoms with E-state index in [9.17, 15) is 9.18 Å². The van der Waals surface area contributed by atoms with Crippen LogP contribution in [0.5, 0.6) is 0 Å². The Morgan fingerprint density at radius 2 is 2.06 bits per heavy atom. The van der Waals surface area contributed by atoms with Gasteiger partial charge in [-0.1, -0.05) is 15.9 Å². The summed E-state index contributed by atoms with van der Waals surface area (Å²) in [5.74, 6) is 0.752. The number of piperidine rings is 1. The van der Waals surface area contributed by atoms with E-state index in [0.29, 0.717) is 16.3 Å². The molecule has 1 saturated carbocycles. The summed E-state index contributed by atoms with van der Waals surface area (Å²) in [6.07, 6.45) is 1.24. The van der Waals surface area contributed by atoms with Crippen LogP contribution in [0.3, 0.4) is 0 Å². The summed E-state index contributed by atoms with van der Waals surface area (Å²) in [7, 11) is 0. The van der Waals surface area contributed by atoms with Crippen LogP contribution in [0.2, 0.25) is 0 Å². The standard InChI is InChI=1S/C12H11BrFNO/c13-9-1-2-10(11(14)4-9)12(16)15-5-7-3-8(7)6-15/h1-2,4,7-8H,3,5-6H2. The molecule has 1 heterocycles. The van der Waals surface area contributed by atoms with Gasteiger partial charge in [0.1, 0.15) is 5.82 Å². The highest BCUT2D eigenvalue weighted by Crippen LogP contribution is 2.45. The van der Waals surface area contributed by atoms with Gasteiger partial charge < -0.3 is 4.90 Å². The second-order valence-corrected chi connectivity index (χ2v) is 5.51. The van der Waals surface area contributed by atoms with E-state index in [-0.39, 0.29) is 11.5 Å². The first kappa shape index (κ1) is 10.3. The number of hydrogen-bond donors (Lipinski definition) is 0. The maximum absolute atomic E-state index is 13.6. The summed E-state index contributed by atoms with van der Waals surface area (Å²) >= 11 is 3.18. The van der Waals surface area contributed by atoms with Crippen LogP contribution in [-0.2, 0) is 0 Å². The fourth-order valence-electron chi connectivity index (χ4n) is 2.40. The molecule has 1 aliphatic carbocycles. The number of nitrogens with zero attached hydrogens (tertiary/aromatic N) is 1. The number of likely N-dealkylation sites (tertiary alicyclic amines) is 1. The number of fused-ring (bicyclic) bond motifs is 1. The lowest BCUT2D eigenvalue weighted by atomic mass is 10.2. The first-order valence-corrected chi connectivity index (χ1v) is 6.19. The summed E-state index contributed by atoms with van der Waals surface area (Å²) in [6, 6.07) is 4.59. The number of amides is 1. The van der Waals surface area contributed by atoms with Gasteiger partial charge in [-0.15, -0.1) is 0 Å². The molecule has 1 saturated heterocycles. The minimum absolute atomic E-state index is 0.169. The van der Waals surface area contributed by atoms with Crippen molar-refractivity contribution in [3.8, 4) is 0 Å². The van der Waals surface area contributed by atoms with Crippen LogP contribution in [-0.4, -0.2) is 23.9 Å². The van der Waals surface area contributed by atoms with Gasteiger partial charge >= 0.3 is 0 Å². The summed E-state index contributed by atoms with van der Waals surface area (Å²) in [5.41, 5.74) is 0.185. The second-order valence-electron chi connectivity index (χ2n) is 4.59. The smallest absolute Gasteiger partial charge is 0.256 e. The van der Waals surface area contributed by atoms with E-state index in [0.717, 1.165) is 13.1 Å². The molecule has 2 atom stereocenters. The first-order chi connectivity index (χ1) is 7.65. The lowest BCUT2D eigenvalue weighted by Crippen LogP contribution is -2.30. The third kappa shape index (κ3) is 1.65. The highest BCUT2D eigenvalue weighted by atomic mass is 79.9. The number of rotatable bonds is 1. The zero-order valence-corrected chi connectivity index (χ0v) is 10.2. The molecule has 84 valence electrons. The van der Waals surface area contributed by atoms with Crippen LogP contribution in [0.15, 0.2) is 22.7 Å². The minimum Gasteiger partial charge on any atom is -0.338 e. The van der Waals surface area contributed by atoms with Gasteiger partial charge in [-0.2, -0.15) is 0 Å². The van der Waals surface area contributed by atoms with E-state index in [1.807, 2.05) is 0 Å². The molecule has 2 unspecified atom stereocenters. The molecule has 2 nitrogen and oxygen atoms in total.